The molecule has 1 amide bonds. The fraction of sp³-hybridized carbons (Fsp3) is 0.583. The average molecular weight is 271 g/mol. The Kier molecular flexibility index (Phi) is 4.51. The highest BCUT2D eigenvalue weighted by Crippen LogP contribution is 2.28. The number of amides is 1. The first-order valence-corrected chi connectivity index (χ1v) is 6.17. The lowest BCUT2D eigenvalue weighted by Gasteiger charge is -2.22. The number of nitrogens with two attached hydrogens (primary N) is 1. The molecule has 0 unspecified atom stereocenters. The number of nitrogens with zero attached hydrogens (tertiary/aromatic N) is 2. The maximum absolute atomic E-state index is 11.3. The molecule has 5 nitrogen and oxygen atoms in total. The maximum Gasteiger partial charge on any atom is 0.224 e. The van der Waals surface area contributed by atoms with Crippen LogP contribution in [0.25, 0.3) is 0 Å². The predicted octanol–water partition coefficient (Wildman–Crippen LogP) is 2.18. The third kappa shape index (κ3) is 3.32. The van der Waals surface area contributed by atoms with Crippen LogP contribution in [0.2, 0.25) is 5.15 Å². The monoisotopic (exact) mass is 270 g/mol. The maximum atomic E-state index is 11.3. The predicted molar refractivity (Wildman–Crippen MR) is 72.6 cm³/mol. The Bertz CT molecular complexity index is 446. The number of halogens is 1. The van der Waals surface area contributed by atoms with Crippen molar-refractivity contribution in [1.82, 2.24) is 9.97 Å². The minimum Gasteiger partial charge on any atom is -0.369 e. The highest BCUT2D eigenvalue weighted by Gasteiger charge is 2.25. The van der Waals surface area contributed by atoms with E-state index in [1.807, 2.05) is 13.8 Å². The van der Waals surface area contributed by atoms with Crippen molar-refractivity contribution in [3.63, 3.8) is 0 Å². The molecule has 6 heteroatoms. The number of carbonyl (C=O) groups excluding carboxylic acids is 1. The molecular weight excluding hydrogens is 252 g/mol. The van der Waals surface area contributed by atoms with Crippen LogP contribution in [-0.2, 0) is 4.79 Å². The van der Waals surface area contributed by atoms with Crippen molar-refractivity contribution in [2.24, 2.45) is 11.1 Å². The summed E-state index contributed by atoms with van der Waals surface area (Å²) < 4.78 is 0. The molecule has 0 bridgehead atoms. The van der Waals surface area contributed by atoms with Crippen LogP contribution in [0.15, 0.2) is 6.33 Å². The van der Waals surface area contributed by atoms with E-state index in [9.17, 15) is 4.79 Å². The normalized spacial score (nSPS) is 11.7. The molecule has 3 N–H and O–H groups in total. The van der Waals surface area contributed by atoms with Crippen LogP contribution >= 0.6 is 11.6 Å². The van der Waals surface area contributed by atoms with Gasteiger partial charge in [-0.1, -0.05) is 25.4 Å². The van der Waals surface area contributed by atoms with Gasteiger partial charge in [-0.2, -0.15) is 0 Å². The first-order valence-electron chi connectivity index (χ1n) is 5.80. The van der Waals surface area contributed by atoms with Crippen molar-refractivity contribution in [3.05, 3.63) is 17.0 Å². The Morgan fingerprint density at radius 2 is 2.11 bits per heavy atom. The van der Waals surface area contributed by atoms with Gasteiger partial charge in [-0.25, -0.2) is 9.97 Å². The van der Waals surface area contributed by atoms with Gasteiger partial charge in [0.1, 0.15) is 17.3 Å². The number of rotatable bonds is 5. The van der Waals surface area contributed by atoms with Crippen LogP contribution < -0.4 is 11.1 Å². The van der Waals surface area contributed by atoms with E-state index in [0.717, 1.165) is 5.56 Å². The Hall–Kier alpha value is -1.36. The number of nitrogens with one attached hydrogen (secondary N) is 1. The molecule has 0 aromatic carbocycles. The molecule has 0 aliphatic carbocycles. The fourth-order valence-electron chi connectivity index (χ4n) is 1.42. The first kappa shape index (κ1) is 14.7. The van der Waals surface area contributed by atoms with Crippen LogP contribution in [-0.4, -0.2) is 22.4 Å². The van der Waals surface area contributed by atoms with Gasteiger partial charge >= 0.3 is 0 Å². The molecule has 0 aliphatic rings. The van der Waals surface area contributed by atoms with Crippen LogP contribution in [0, 0.1) is 5.41 Å². The van der Waals surface area contributed by atoms with E-state index in [0.29, 0.717) is 17.5 Å². The molecule has 0 aliphatic heterocycles. The van der Waals surface area contributed by atoms with E-state index in [-0.39, 0.29) is 11.8 Å². The zero-order valence-corrected chi connectivity index (χ0v) is 11.9. The summed E-state index contributed by atoms with van der Waals surface area (Å²) >= 11 is 6.05. The molecular formula is C12H19ClN4O. The lowest BCUT2D eigenvalue weighted by atomic mass is 9.92. The van der Waals surface area contributed by atoms with Gasteiger partial charge in [0.2, 0.25) is 5.91 Å². The summed E-state index contributed by atoms with van der Waals surface area (Å²) in [6, 6.07) is 0. The summed E-state index contributed by atoms with van der Waals surface area (Å²) in [5.74, 6) is 0.485. The molecule has 18 heavy (non-hydrogen) atoms. The minimum absolute atomic E-state index is 0.192. The Balaban J connectivity index is 2.92. The first-order chi connectivity index (χ1) is 8.25. The molecule has 0 radical (unpaired) electrons. The van der Waals surface area contributed by atoms with E-state index in [4.69, 9.17) is 17.3 Å². The summed E-state index contributed by atoms with van der Waals surface area (Å²) in [6.45, 7) is 7.97. The second kappa shape index (κ2) is 5.52. The van der Waals surface area contributed by atoms with Gasteiger partial charge in [0.05, 0.1) is 5.41 Å². The molecule has 0 spiro atoms. The second-order valence-corrected chi connectivity index (χ2v) is 5.54. The molecule has 100 valence electrons. The van der Waals surface area contributed by atoms with Gasteiger partial charge in [-0.05, 0) is 19.8 Å². The largest absolute Gasteiger partial charge is 0.369 e. The Morgan fingerprint density at radius 3 is 2.61 bits per heavy atom. The van der Waals surface area contributed by atoms with Gasteiger partial charge in [-0.15, -0.1) is 0 Å². The van der Waals surface area contributed by atoms with Crippen LogP contribution in [0.3, 0.4) is 0 Å². The highest BCUT2D eigenvalue weighted by molar-refractivity contribution is 6.30. The Labute approximate surface area is 112 Å². The van der Waals surface area contributed by atoms with Crippen molar-refractivity contribution in [1.29, 1.82) is 0 Å². The van der Waals surface area contributed by atoms with Crippen LogP contribution in [0.4, 0.5) is 5.82 Å². The molecule has 1 heterocycles. The lowest BCUT2D eigenvalue weighted by molar-refractivity contribution is -0.125. The third-order valence-corrected chi connectivity index (χ3v) is 3.08. The number of hydrogen-bond acceptors (Lipinski definition) is 4. The van der Waals surface area contributed by atoms with Crippen LogP contribution in [0.1, 0.15) is 39.2 Å². The SMILES string of the molecule is CC(C)c1c(Cl)ncnc1NCC(C)(C)C(N)=O. The van der Waals surface area contributed by atoms with E-state index in [1.54, 1.807) is 13.8 Å². The molecule has 0 saturated heterocycles. The lowest BCUT2D eigenvalue weighted by Crippen LogP contribution is -2.37. The molecule has 1 aromatic heterocycles. The van der Waals surface area contributed by atoms with Crippen LogP contribution in [0.5, 0.6) is 0 Å². The van der Waals surface area contributed by atoms with Gasteiger partial charge in [0.25, 0.3) is 0 Å². The second-order valence-electron chi connectivity index (χ2n) is 5.18. The standard InChI is InChI=1S/C12H19ClN4O/c1-7(2)8-9(13)16-6-17-10(8)15-5-12(3,4)11(14)18/h6-7H,5H2,1-4H3,(H2,14,18)(H,15,16,17). The zero-order chi connectivity index (χ0) is 13.9. The molecule has 1 aromatic rings. The zero-order valence-electron chi connectivity index (χ0n) is 11.1. The molecule has 0 saturated carbocycles. The van der Waals surface area contributed by atoms with E-state index in [1.165, 1.54) is 6.33 Å². The topological polar surface area (TPSA) is 80.9 Å². The van der Waals surface area contributed by atoms with E-state index >= 15 is 0 Å². The number of primary amides is 1. The molecule has 1 rings (SSSR count). The molecule has 0 atom stereocenters. The van der Waals surface area contributed by atoms with Crippen molar-refractivity contribution in [3.8, 4) is 0 Å². The third-order valence-electron chi connectivity index (χ3n) is 2.78. The number of carbonyl (C=O) groups is 1. The number of hydrogen-bond donors (Lipinski definition) is 2. The highest BCUT2D eigenvalue weighted by atomic mass is 35.5. The van der Waals surface area contributed by atoms with Gasteiger partial charge in [0.15, 0.2) is 0 Å². The minimum atomic E-state index is -0.647. The average Bonchev–Trinajstić information content (AvgIpc) is 2.25. The fourth-order valence-corrected chi connectivity index (χ4v) is 1.77. The number of aromatic nitrogens is 2. The van der Waals surface area contributed by atoms with E-state index < -0.39 is 5.41 Å². The van der Waals surface area contributed by atoms with Crippen molar-refractivity contribution >= 4 is 23.3 Å². The van der Waals surface area contributed by atoms with Crippen molar-refractivity contribution in [2.75, 3.05) is 11.9 Å². The van der Waals surface area contributed by atoms with E-state index in [2.05, 4.69) is 15.3 Å². The summed E-state index contributed by atoms with van der Waals surface area (Å²) in [5.41, 5.74) is 5.52. The quantitative estimate of drug-likeness (QED) is 0.804. The summed E-state index contributed by atoms with van der Waals surface area (Å²) in [5, 5.41) is 3.55. The van der Waals surface area contributed by atoms with Gasteiger partial charge in [0, 0.05) is 12.1 Å². The van der Waals surface area contributed by atoms with Gasteiger partial charge < -0.3 is 11.1 Å². The summed E-state index contributed by atoms with van der Waals surface area (Å²) in [4.78, 5) is 19.4. The summed E-state index contributed by atoms with van der Waals surface area (Å²) in [7, 11) is 0. The van der Waals surface area contributed by atoms with Crippen molar-refractivity contribution < 1.29 is 4.79 Å². The van der Waals surface area contributed by atoms with Crippen molar-refractivity contribution in [2.45, 2.75) is 33.6 Å². The number of anilines is 1. The summed E-state index contributed by atoms with van der Waals surface area (Å²) in [6.07, 6.45) is 1.40. The Morgan fingerprint density at radius 1 is 1.50 bits per heavy atom. The van der Waals surface area contributed by atoms with Gasteiger partial charge in [-0.3, -0.25) is 4.79 Å². The smallest absolute Gasteiger partial charge is 0.224 e. The molecule has 0 fully saturated rings.